The Hall–Kier alpha value is -2.64. The van der Waals surface area contributed by atoms with Gasteiger partial charge < -0.3 is 9.84 Å². The Bertz CT molecular complexity index is 685. The number of carboxylic acids is 1. The van der Waals surface area contributed by atoms with Crippen LogP contribution >= 0.6 is 0 Å². The van der Waals surface area contributed by atoms with Crippen LogP contribution in [0.1, 0.15) is 10.4 Å². The third-order valence-corrected chi connectivity index (χ3v) is 2.46. The van der Waals surface area contributed by atoms with Gasteiger partial charge in [0.25, 0.3) is 0 Å². The second kappa shape index (κ2) is 5.39. The highest BCUT2D eigenvalue weighted by molar-refractivity contribution is 5.95. The summed E-state index contributed by atoms with van der Waals surface area (Å²) in [6.07, 6.45) is -4.97. The van der Waals surface area contributed by atoms with Gasteiger partial charge in [0.2, 0.25) is 5.95 Å². The summed E-state index contributed by atoms with van der Waals surface area (Å²) < 4.78 is 54.0. The molecule has 0 aliphatic heterocycles. The number of carboxylic acid groups (broad SMARTS) is 1. The van der Waals surface area contributed by atoms with Crippen LogP contribution < -0.4 is 4.74 Å². The van der Waals surface area contributed by atoms with Gasteiger partial charge in [-0.25, -0.2) is 9.78 Å². The van der Waals surface area contributed by atoms with Crippen LogP contribution in [0.4, 0.5) is 17.6 Å². The molecule has 1 N–H and O–H groups in total. The van der Waals surface area contributed by atoms with E-state index in [0.717, 1.165) is 24.3 Å². The first-order valence-electron chi connectivity index (χ1n) is 5.53. The summed E-state index contributed by atoms with van der Waals surface area (Å²) in [4.78, 5) is 14.4. The number of pyridine rings is 1. The molecule has 2 aromatic rings. The molecule has 2 rings (SSSR count). The van der Waals surface area contributed by atoms with Crippen molar-refractivity contribution in [1.29, 1.82) is 0 Å². The van der Waals surface area contributed by atoms with E-state index in [1.807, 2.05) is 0 Å². The quantitative estimate of drug-likeness (QED) is 0.696. The molecule has 8 heteroatoms. The van der Waals surface area contributed by atoms with Gasteiger partial charge in [-0.1, -0.05) is 12.1 Å². The van der Waals surface area contributed by atoms with Crippen LogP contribution in [0.2, 0.25) is 0 Å². The number of aromatic carboxylic acids is 1. The van der Waals surface area contributed by atoms with Crippen LogP contribution in [0.15, 0.2) is 36.4 Å². The number of aromatic nitrogens is 1. The Kier molecular flexibility index (Phi) is 3.79. The van der Waals surface area contributed by atoms with Crippen molar-refractivity contribution in [3.05, 3.63) is 47.9 Å². The lowest BCUT2D eigenvalue weighted by Crippen LogP contribution is -2.18. The van der Waals surface area contributed by atoms with Gasteiger partial charge in [0, 0.05) is 5.56 Å². The number of benzene rings is 1. The summed E-state index contributed by atoms with van der Waals surface area (Å²) in [5, 5.41) is 9.02. The zero-order valence-corrected chi connectivity index (χ0v) is 10.2. The van der Waals surface area contributed by atoms with Gasteiger partial charge in [-0.3, -0.25) is 0 Å². The van der Waals surface area contributed by atoms with Crippen molar-refractivity contribution in [2.75, 3.05) is 0 Å². The number of alkyl halides is 3. The molecule has 4 nitrogen and oxygen atoms in total. The number of hydrogen-bond acceptors (Lipinski definition) is 3. The van der Waals surface area contributed by atoms with E-state index < -0.39 is 35.3 Å². The van der Waals surface area contributed by atoms with E-state index in [-0.39, 0.29) is 5.56 Å². The predicted octanol–water partition coefficient (Wildman–Crippen LogP) is 3.48. The SMILES string of the molecule is O=C(O)c1ccc(F)nc1-c1ccccc1OC(F)(F)F. The molecule has 0 spiro atoms. The highest BCUT2D eigenvalue weighted by atomic mass is 19.4. The first kappa shape index (κ1) is 14.8. The van der Waals surface area contributed by atoms with Crippen LogP contribution in [0.25, 0.3) is 11.3 Å². The average Bonchev–Trinajstić information content (AvgIpc) is 2.37. The first-order chi connectivity index (χ1) is 9.78. The zero-order chi connectivity index (χ0) is 15.6. The van der Waals surface area contributed by atoms with Gasteiger partial charge in [-0.2, -0.15) is 4.39 Å². The lowest BCUT2D eigenvalue weighted by Gasteiger charge is -2.13. The molecule has 0 amide bonds. The van der Waals surface area contributed by atoms with Crippen LogP contribution in [0, 0.1) is 5.95 Å². The molecule has 0 atom stereocenters. The molecule has 1 aromatic carbocycles. The highest BCUT2D eigenvalue weighted by Gasteiger charge is 2.32. The van der Waals surface area contributed by atoms with Gasteiger partial charge in [0.05, 0.1) is 11.3 Å². The summed E-state index contributed by atoms with van der Waals surface area (Å²) in [5.41, 5.74) is -1.15. The van der Waals surface area contributed by atoms with E-state index >= 15 is 0 Å². The lowest BCUT2D eigenvalue weighted by atomic mass is 10.0. The van der Waals surface area contributed by atoms with Crippen molar-refractivity contribution in [3.8, 4) is 17.0 Å². The number of halogens is 4. The van der Waals surface area contributed by atoms with Crippen LogP contribution in [0.3, 0.4) is 0 Å². The summed E-state index contributed by atoms with van der Waals surface area (Å²) in [6.45, 7) is 0. The van der Waals surface area contributed by atoms with Crippen LogP contribution in [-0.4, -0.2) is 22.4 Å². The standard InChI is InChI=1S/C13H7F4NO3/c14-10-6-5-8(12(19)20)11(18-10)7-3-1-2-4-9(7)21-13(15,16)17/h1-6H,(H,19,20). The van der Waals surface area contributed by atoms with Crippen LogP contribution in [0.5, 0.6) is 5.75 Å². The number of rotatable bonds is 3. The van der Waals surface area contributed by atoms with Gasteiger partial charge in [0.15, 0.2) is 0 Å². The van der Waals surface area contributed by atoms with Crippen molar-refractivity contribution in [2.24, 2.45) is 0 Å². The summed E-state index contributed by atoms with van der Waals surface area (Å²) >= 11 is 0. The summed E-state index contributed by atoms with van der Waals surface area (Å²) in [7, 11) is 0. The lowest BCUT2D eigenvalue weighted by molar-refractivity contribution is -0.274. The van der Waals surface area contributed by atoms with E-state index in [1.165, 1.54) is 12.1 Å². The molecule has 0 aliphatic carbocycles. The Morgan fingerprint density at radius 2 is 1.81 bits per heavy atom. The third-order valence-electron chi connectivity index (χ3n) is 2.46. The molecule has 21 heavy (non-hydrogen) atoms. The van der Waals surface area contributed by atoms with Crippen molar-refractivity contribution in [3.63, 3.8) is 0 Å². The van der Waals surface area contributed by atoms with E-state index in [4.69, 9.17) is 5.11 Å². The minimum atomic E-state index is -4.97. The second-order valence-corrected chi connectivity index (χ2v) is 3.88. The molecule has 0 aliphatic rings. The number of para-hydroxylation sites is 1. The molecule has 0 saturated carbocycles. The van der Waals surface area contributed by atoms with Gasteiger partial charge in [-0.15, -0.1) is 13.2 Å². The molecular weight excluding hydrogens is 294 g/mol. The Morgan fingerprint density at radius 3 is 2.43 bits per heavy atom. The molecule has 110 valence electrons. The topological polar surface area (TPSA) is 59.4 Å². The van der Waals surface area contributed by atoms with Crippen LogP contribution in [-0.2, 0) is 0 Å². The minimum absolute atomic E-state index is 0.272. The van der Waals surface area contributed by atoms with Crippen molar-refractivity contribution < 1.29 is 32.2 Å². The largest absolute Gasteiger partial charge is 0.573 e. The van der Waals surface area contributed by atoms with Gasteiger partial charge >= 0.3 is 12.3 Å². The maximum absolute atomic E-state index is 13.2. The Balaban J connectivity index is 2.62. The van der Waals surface area contributed by atoms with Crippen molar-refractivity contribution in [1.82, 2.24) is 4.98 Å². The van der Waals surface area contributed by atoms with Gasteiger partial charge in [0.1, 0.15) is 5.75 Å². The van der Waals surface area contributed by atoms with E-state index in [9.17, 15) is 22.4 Å². The first-order valence-corrected chi connectivity index (χ1v) is 5.53. The second-order valence-electron chi connectivity index (χ2n) is 3.88. The fourth-order valence-electron chi connectivity index (χ4n) is 1.69. The molecule has 0 fully saturated rings. The monoisotopic (exact) mass is 301 g/mol. The maximum atomic E-state index is 13.2. The van der Waals surface area contributed by atoms with E-state index in [0.29, 0.717) is 0 Å². The highest BCUT2D eigenvalue weighted by Crippen LogP contribution is 2.34. The number of hydrogen-bond donors (Lipinski definition) is 1. The molecule has 1 heterocycles. The zero-order valence-electron chi connectivity index (χ0n) is 10.2. The number of ether oxygens (including phenoxy) is 1. The molecule has 0 saturated heterocycles. The van der Waals surface area contributed by atoms with Crippen molar-refractivity contribution in [2.45, 2.75) is 6.36 Å². The van der Waals surface area contributed by atoms with Gasteiger partial charge in [-0.05, 0) is 24.3 Å². The smallest absolute Gasteiger partial charge is 0.478 e. The Morgan fingerprint density at radius 1 is 1.14 bits per heavy atom. The third kappa shape index (κ3) is 3.47. The maximum Gasteiger partial charge on any atom is 0.573 e. The molecule has 0 unspecified atom stereocenters. The van der Waals surface area contributed by atoms with E-state index in [2.05, 4.69) is 9.72 Å². The Labute approximate surface area is 115 Å². The fourth-order valence-corrected chi connectivity index (χ4v) is 1.69. The van der Waals surface area contributed by atoms with E-state index in [1.54, 1.807) is 0 Å². The molecule has 0 bridgehead atoms. The molecule has 0 radical (unpaired) electrons. The summed E-state index contributed by atoms with van der Waals surface area (Å²) in [6, 6.07) is 6.50. The number of nitrogens with zero attached hydrogens (tertiary/aromatic N) is 1. The van der Waals surface area contributed by atoms with Crippen molar-refractivity contribution >= 4 is 5.97 Å². The molecule has 1 aromatic heterocycles. The molecular formula is C13H7F4NO3. The normalized spacial score (nSPS) is 11.2. The fraction of sp³-hybridized carbons (Fsp3) is 0.0769. The summed E-state index contributed by atoms with van der Waals surface area (Å²) in [5.74, 6) is -3.12. The number of carbonyl (C=O) groups is 1. The minimum Gasteiger partial charge on any atom is -0.478 e. The average molecular weight is 301 g/mol. The predicted molar refractivity (Wildman–Crippen MR) is 63.3 cm³/mol.